The Morgan fingerprint density at radius 1 is 1.30 bits per heavy atom. The fourth-order valence-electron chi connectivity index (χ4n) is 1.39. The van der Waals surface area contributed by atoms with E-state index in [0.29, 0.717) is 5.02 Å². The number of nitrogen functional groups attached to an aromatic ring is 1. The third-order valence-corrected chi connectivity index (χ3v) is 2.78. The molecule has 0 aliphatic rings. The highest BCUT2D eigenvalue weighted by Crippen LogP contribution is 2.32. The third kappa shape index (κ3) is 3.27. The number of hydrazine groups is 1. The van der Waals surface area contributed by atoms with Crippen LogP contribution in [0.25, 0.3) is 0 Å². The Labute approximate surface area is 123 Å². The van der Waals surface area contributed by atoms with Crippen molar-refractivity contribution < 1.29 is 9.66 Å². The van der Waals surface area contributed by atoms with Crippen molar-refractivity contribution >= 4 is 34.7 Å². The van der Waals surface area contributed by atoms with Crippen molar-refractivity contribution in [3.63, 3.8) is 0 Å². The van der Waals surface area contributed by atoms with E-state index in [4.69, 9.17) is 33.8 Å². The van der Waals surface area contributed by atoms with Crippen LogP contribution in [-0.4, -0.2) is 9.91 Å². The zero-order valence-corrected chi connectivity index (χ0v) is 11.4. The number of rotatable bonds is 4. The first-order valence-corrected chi connectivity index (χ1v) is 6.01. The summed E-state index contributed by atoms with van der Waals surface area (Å²) in [6.07, 6.45) is 0. The van der Waals surface area contributed by atoms with E-state index in [9.17, 15) is 10.1 Å². The van der Waals surface area contributed by atoms with Crippen LogP contribution in [0.15, 0.2) is 30.3 Å². The highest BCUT2D eigenvalue weighted by molar-refractivity contribution is 6.35. The first-order chi connectivity index (χ1) is 9.49. The maximum atomic E-state index is 10.8. The molecule has 104 valence electrons. The summed E-state index contributed by atoms with van der Waals surface area (Å²) in [5.41, 5.74) is 2.01. The van der Waals surface area contributed by atoms with E-state index in [1.807, 2.05) is 0 Å². The van der Waals surface area contributed by atoms with Gasteiger partial charge in [0.25, 0.3) is 5.69 Å². The van der Waals surface area contributed by atoms with E-state index in [-0.39, 0.29) is 28.2 Å². The normalized spacial score (nSPS) is 10.2. The SMILES string of the molecule is NNc1cc([N+](=O)[O-])cc(Oc2ccc(Cl)cc2Cl)n1. The van der Waals surface area contributed by atoms with Crippen LogP contribution in [0.1, 0.15) is 0 Å². The predicted molar refractivity (Wildman–Crippen MR) is 75.2 cm³/mol. The van der Waals surface area contributed by atoms with Crippen LogP contribution in [0.2, 0.25) is 10.0 Å². The van der Waals surface area contributed by atoms with Gasteiger partial charge in [0.15, 0.2) is 5.82 Å². The van der Waals surface area contributed by atoms with E-state index < -0.39 is 4.92 Å². The zero-order valence-electron chi connectivity index (χ0n) is 9.84. The van der Waals surface area contributed by atoms with E-state index in [2.05, 4.69) is 10.4 Å². The first-order valence-electron chi connectivity index (χ1n) is 5.25. The van der Waals surface area contributed by atoms with Crippen LogP contribution in [0.4, 0.5) is 11.5 Å². The van der Waals surface area contributed by atoms with Crippen LogP contribution in [0.5, 0.6) is 11.6 Å². The maximum absolute atomic E-state index is 10.8. The van der Waals surface area contributed by atoms with Gasteiger partial charge in [0.05, 0.1) is 22.1 Å². The van der Waals surface area contributed by atoms with Crippen molar-refractivity contribution in [2.45, 2.75) is 0 Å². The molecule has 0 saturated carbocycles. The maximum Gasteiger partial charge on any atom is 0.278 e. The first kappa shape index (κ1) is 14.3. The van der Waals surface area contributed by atoms with Crippen molar-refractivity contribution in [2.75, 3.05) is 5.43 Å². The van der Waals surface area contributed by atoms with Gasteiger partial charge in [0.2, 0.25) is 5.88 Å². The summed E-state index contributed by atoms with van der Waals surface area (Å²) in [5, 5.41) is 11.5. The van der Waals surface area contributed by atoms with Gasteiger partial charge in [-0.25, -0.2) is 5.84 Å². The molecule has 7 nitrogen and oxygen atoms in total. The molecule has 0 amide bonds. The molecule has 0 atom stereocenters. The largest absolute Gasteiger partial charge is 0.437 e. The van der Waals surface area contributed by atoms with Crippen molar-refractivity contribution in [3.05, 3.63) is 50.5 Å². The number of pyridine rings is 1. The number of nitro groups is 1. The predicted octanol–water partition coefficient (Wildman–Crippen LogP) is 3.37. The standard InChI is InChI=1S/C11H8Cl2N4O3/c12-6-1-2-9(8(13)3-6)20-11-5-7(17(18)19)4-10(15-11)16-14/h1-5H,14H2,(H,15,16). The Morgan fingerprint density at radius 3 is 2.65 bits per heavy atom. The monoisotopic (exact) mass is 314 g/mol. The lowest BCUT2D eigenvalue weighted by molar-refractivity contribution is -0.384. The molecule has 0 fully saturated rings. The molecule has 1 aromatic heterocycles. The van der Waals surface area contributed by atoms with Gasteiger partial charge >= 0.3 is 0 Å². The summed E-state index contributed by atoms with van der Waals surface area (Å²) < 4.78 is 5.40. The molecule has 3 N–H and O–H groups in total. The zero-order chi connectivity index (χ0) is 14.7. The van der Waals surface area contributed by atoms with E-state index in [0.717, 1.165) is 6.07 Å². The number of hydrogen-bond donors (Lipinski definition) is 2. The molecule has 1 heterocycles. The Bertz CT molecular complexity index is 666. The number of ether oxygens (including phenoxy) is 1. The lowest BCUT2D eigenvalue weighted by Crippen LogP contribution is -2.09. The van der Waals surface area contributed by atoms with Crippen molar-refractivity contribution in [3.8, 4) is 11.6 Å². The van der Waals surface area contributed by atoms with Gasteiger partial charge in [0, 0.05) is 5.02 Å². The Balaban J connectivity index is 2.37. The number of hydrogen-bond acceptors (Lipinski definition) is 6. The summed E-state index contributed by atoms with van der Waals surface area (Å²) in [5.74, 6) is 5.55. The molecular weight excluding hydrogens is 307 g/mol. The molecule has 0 saturated heterocycles. The average molecular weight is 315 g/mol. The molecular formula is C11H8Cl2N4O3. The number of benzene rings is 1. The van der Waals surface area contributed by atoms with Gasteiger partial charge in [-0.05, 0) is 18.2 Å². The summed E-state index contributed by atoms with van der Waals surface area (Å²) in [7, 11) is 0. The molecule has 0 radical (unpaired) electrons. The third-order valence-electron chi connectivity index (χ3n) is 2.25. The van der Waals surface area contributed by atoms with Crippen LogP contribution in [-0.2, 0) is 0 Å². The van der Waals surface area contributed by atoms with Gasteiger partial charge in [-0.2, -0.15) is 4.98 Å². The molecule has 2 aromatic rings. The topological polar surface area (TPSA) is 103 Å². The number of nitrogens with one attached hydrogen (secondary N) is 1. The minimum Gasteiger partial charge on any atom is -0.437 e. The van der Waals surface area contributed by atoms with Crippen LogP contribution in [0, 0.1) is 10.1 Å². The highest BCUT2D eigenvalue weighted by Gasteiger charge is 2.13. The Kier molecular flexibility index (Phi) is 4.23. The Hall–Kier alpha value is -2.09. The van der Waals surface area contributed by atoms with E-state index in [1.165, 1.54) is 18.2 Å². The average Bonchev–Trinajstić information content (AvgIpc) is 2.41. The minimum absolute atomic E-state index is 0.0172. The molecule has 0 spiro atoms. The fourth-order valence-corrected chi connectivity index (χ4v) is 1.84. The van der Waals surface area contributed by atoms with Gasteiger partial charge in [-0.1, -0.05) is 23.2 Å². The van der Waals surface area contributed by atoms with Crippen molar-refractivity contribution in [2.24, 2.45) is 5.84 Å². The molecule has 0 aliphatic heterocycles. The van der Waals surface area contributed by atoms with Crippen LogP contribution >= 0.6 is 23.2 Å². The second kappa shape index (κ2) is 5.91. The second-order valence-electron chi connectivity index (χ2n) is 3.63. The molecule has 9 heteroatoms. The van der Waals surface area contributed by atoms with Gasteiger partial charge < -0.3 is 10.2 Å². The molecule has 1 aromatic carbocycles. The van der Waals surface area contributed by atoms with Crippen LogP contribution < -0.4 is 16.0 Å². The van der Waals surface area contributed by atoms with Gasteiger partial charge in [0.1, 0.15) is 5.75 Å². The number of anilines is 1. The second-order valence-corrected chi connectivity index (χ2v) is 4.47. The summed E-state index contributed by atoms with van der Waals surface area (Å²) in [6.45, 7) is 0. The lowest BCUT2D eigenvalue weighted by atomic mass is 10.3. The fraction of sp³-hybridized carbons (Fsp3) is 0. The van der Waals surface area contributed by atoms with Gasteiger partial charge in [-0.15, -0.1) is 0 Å². The molecule has 0 aliphatic carbocycles. The number of halogens is 2. The molecule has 20 heavy (non-hydrogen) atoms. The number of nitrogens with zero attached hydrogens (tertiary/aromatic N) is 2. The van der Waals surface area contributed by atoms with E-state index in [1.54, 1.807) is 6.07 Å². The summed E-state index contributed by atoms with van der Waals surface area (Å²) in [6, 6.07) is 6.92. The highest BCUT2D eigenvalue weighted by atomic mass is 35.5. The Morgan fingerprint density at radius 2 is 2.05 bits per heavy atom. The molecule has 0 bridgehead atoms. The summed E-state index contributed by atoms with van der Waals surface area (Å²) >= 11 is 11.7. The van der Waals surface area contributed by atoms with Crippen molar-refractivity contribution in [1.29, 1.82) is 0 Å². The van der Waals surface area contributed by atoms with E-state index >= 15 is 0 Å². The number of aromatic nitrogens is 1. The minimum atomic E-state index is -0.584. The number of nitrogens with two attached hydrogens (primary N) is 1. The lowest BCUT2D eigenvalue weighted by Gasteiger charge is -2.08. The smallest absolute Gasteiger partial charge is 0.278 e. The summed E-state index contributed by atoms with van der Waals surface area (Å²) in [4.78, 5) is 14.1. The quantitative estimate of drug-likeness (QED) is 0.509. The van der Waals surface area contributed by atoms with Crippen LogP contribution in [0.3, 0.4) is 0 Å². The molecule has 2 rings (SSSR count). The molecule has 0 unspecified atom stereocenters. The van der Waals surface area contributed by atoms with Crippen molar-refractivity contribution in [1.82, 2.24) is 4.98 Å². The van der Waals surface area contributed by atoms with Gasteiger partial charge in [-0.3, -0.25) is 10.1 Å².